The average Bonchev–Trinajstić information content (AvgIpc) is 2.91. The highest BCUT2D eigenvalue weighted by Gasteiger charge is 2.37. The van der Waals surface area contributed by atoms with Gasteiger partial charge in [0.15, 0.2) is 0 Å². The van der Waals surface area contributed by atoms with Crippen LogP contribution in [0.3, 0.4) is 0 Å². The van der Waals surface area contributed by atoms with Gasteiger partial charge in [-0.05, 0) is 56.6 Å². The monoisotopic (exact) mass is 293 g/mol. The van der Waals surface area contributed by atoms with Crippen LogP contribution in [-0.2, 0) is 0 Å². The molecular weight excluding hydrogens is 266 g/mol. The van der Waals surface area contributed by atoms with Gasteiger partial charge in [0, 0.05) is 11.6 Å². The van der Waals surface area contributed by atoms with Gasteiger partial charge in [-0.3, -0.25) is 0 Å². The number of benzene rings is 2. The summed E-state index contributed by atoms with van der Waals surface area (Å²) in [6.07, 6.45) is 2.45. The second-order valence-corrected chi connectivity index (χ2v) is 7.60. The van der Waals surface area contributed by atoms with Crippen LogP contribution in [0.2, 0.25) is 0 Å². The Bertz CT molecular complexity index is 535. The summed E-state index contributed by atoms with van der Waals surface area (Å²) >= 11 is 0. The Morgan fingerprint density at radius 2 is 1.14 bits per heavy atom. The largest absolute Gasteiger partial charge is 0.309 e. The molecule has 1 nitrogen and oxygen atoms in total. The number of hydrogen-bond acceptors (Lipinski definition) is 1. The molecule has 1 fully saturated rings. The maximum Gasteiger partial charge on any atom is 0.00991 e. The van der Waals surface area contributed by atoms with E-state index in [9.17, 15) is 0 Å². The third-order valence-corrected chi connectivity index (χ3v) is 4.66. The van der Waals surface area contributed by atoms with Gasteiger partial charge >= 0.3 is 0 Å². The van der Waals surface area contributed by atoms with E-state index in [1.807, 2.05) is 0 Å². The molecule has 2 aromatic rings. The lowest BCUT2D eigenvalue weighted by Gasteiger charge is -2.26. The summed E-state index contributed by atoms with van der Waals surface area (Å²) in [5.41, 5.74) is 3.14. The first-order valence-corrected chi connectivity index (χ1v) is 8.40. The van der Waals surface area contributed by atoms with Gasteiger partial charge in [0.2, 0.25) is 0 Å². The molecule has 0 heterocycles. The summed E-state index contributed by atoms with van der Waals surface area (Å²) in [5, 5.41) is 3.82. The summed E-state index contributed by atoms with van der Waals surface area (Å²) in [6.45, 7) is 6.79. The van der Waals surface area contributed by atoms with Crippen LogP contribution in [0.4, 0.5) is 0 Å². The Balaban J connectivity index is 1.87. The molecule has 1 saturated carbocycles. The van der Waals surface area contributed by atoms with E-state index in [0.717, 1.165) is 0 Å². The molecule has 3 rings (SSSR count). The van der Waals surface area contributed by atoms with Crippen molar-refractivity contribution >= 4 is 0 Å². The van der Waals surface area contributed by atoms with Gasteiger partial charge in [-0.15, -0.1) is 0 Å². The molecule has 1 aliphatic rings. The minimum Gasteiger partial charge on any atom is -0.309 e. The fourth-order valence-electron chi connectivity index (χ4n) is 3.91. The van der Waals surface area contributed by atoms with Crippen LogP contribution < -0.4 is 5.32 Å². The lowest BCUT2D eigenvalue weighted by molar-refractivity contribution is 0.358. The third kappa shape index (κ3) is 3.59. The molecule has 2 aromatic carbocycles. The molecule has 0 aliphatic heterocycles. The fraction of sp³-hybridized carbons (Fsp3) is 0.429. The fourth-order valence-corrected chi connectivity index (χ4v) is 3.91. The zero-order valence-electron chi connectivity index (χ0n) is 13.9. The van der Waals surface area contributed by atoms with E-state index in [2.05, 4.69) is 86.8 Å². The molecule has 0 spiro atoms. The number of nitrogens with one attached hydrogen (secondary N) is 1. The molecule has 0 amide bonds. The second kappa shape index (κ2) is 6.26. The normalized spacial score (nSPS) is 22.9. The van der Waals surface area contributed by atoms with E-state index in [1.165, 1.54) is 24.0 Å². The molecule has 0 radical (unpaired) electrons. The standard InChI is InChI=1S/C21H27N/c1-21(2,3)22-18-14-19(16-10-6-4-7-11-16)20(15-18)17-12-8-5-9-13-17/h4-13,18-20,22H,14-15H2,1-3H3/t19-,20-/m1/s1. The third-order valence-electron chi connectivity index (χ3n) is 4.66. The highest BCUT2D eigenvalue weighted by molar-refractivity contribution is 5.31. The summed E-state index contributed by atoms with van der Waals surface area (Å²) in [5.74, 6) is 1.23. The highest BCUT2D eigenvalue weighted by atomic mass is 15.0. The van der Waals surface area contributed by atoms with E-state index in [4.69, 9.17) is 0 Å². The first-order chi connectivity index (χ1) is 10.5. The molecule has 0 unspecified atom stereocenters. The van der Waals surface area contributed by atoms with Gasteiger partial charge < -0.3 is 5.32 Å². The van der Waals surface area contributed by atoms with Gasteiger partial charge in [-0.1, -0.05) is 60.7 Å². The van der Waals surface area contributed by atoms with Crippen LogP contribution >= 0.6 is 0 Å². The average molecular weight is 293 g/mol. The maximum absolute atomic E-state index is 3.82. The summed E-state index contributed by atoms with van der Waals surface area (Å²) in [6, 6.07) is 22.7. The zero-order chi connectivity index (χ0) is 15.6. The number of rotatable bonds is 3. The molecule has 0 aromatic heterocycles. The van der Waals surface area contributed by atoms with Gasteiger partial charge in [0.1, 0.15) is 0 Å². The van der Waals surface area contributed by atoms with Crippen molar-refractivity contribution in [2.45, 2.75) is 57.0 Å². The maximum atomic E-state index is 3.82. The molecule has 0 saturated heterocycles. The second-order valence-electron chi connectivity index (χ2n) is 7.60. The summed E-state index contributed by atoms with van der Waals surface area (Å²) in [4.78, 5) is 0. The molecule has 1 heteroatoms. The van der Waals surface area contributed by atoms with Crippen molar-refractivity contribution in [1.29, 1.82) is 0 Å². The predicted molar refractivity (Wildman–Crippen MR) is 94.3 cm³/mol. The quantitative estimate of drug-likeness (QED) is 0.829. The van der Waals surface area contributed by atoms with Crippen molar-refractivity contribution in [3.8, 4) is 0 Å². The van der Waals surface area contributed by atoms with E-state index in [-0.39, 0.29) is 5.54 Å². The molecule has 1 aliphatic carbocycles. The van der Waals surface area contributed by atoms with E-state index >= 15 is 0 Å². The molecular formula is C21H27N. The first-order valence-electron chi connectivity index (χ1n) is 8.40. The number of hydrogen-bond donors (Lipinski definition) is 1. The van der Waals surface area contributed by atoms with Gasteiger partial charge in [-0.2, -0.15) is 0 Å². The van der Waals surface area contributed by atoms with Crippen molar-refractivity contribution in [2.75, 3.05) is 0 Å². The van der Waals surface area contributed by atoms with Crippen LogP contribution in [0.15, 0.2) is 60.7 Å². The highest BCUT2D eigenvalue weighted by Crippen LogP contribution is 2.46. The van der Waals surface area contributed by atoms with Crippen LogP contribution in [-0.4, -0.2) is 11.6 Å². The minimum atomic E-state index is 0.178. The molecule has 0 bridgehead atoms. The zero-order valence-corrected chi connectivity index (χ0v) is 13.9. The summed E-state index contributed by atoms with van der Waals surface area (Å²) in [7, 11) is 0. The van der Waals surface area contributed by atoms with Crippen LogP contribution in [0.1, 0.15) is 56.6 Å². The predicted octanol–water partition coefficient (Wildman–Crippen LogP) is 5.10. The lowest BCUT2D eigenvalue weighted by atomic mass is 9.84. The Morgan fingerprint density at radius 3 is 1.50 bits per heavy atom. The van der Waals surface area contributed by atoms with Crippen molar-refractivity contribution in [3.63, 3.8) is 0 Å². The Labute approximate surface area is 134 Å². The smallest absolute Gasteiger partial charge is 0.00991 e. The van der Waals surface area contributed by atoms with Crippen LogP contribution in [0.25, 0.3) is 0 Å². The molecule has 22 heavy (non-hydrogen) atoms. The van der Waals surface area contributed by atoms with Crippen molar-refractivity contribution in [1.82, 2.24) is 5.32 Å². The van der Waals surface area contributed by atoms with Crippen molar-refractivity contribution in [2.24, 2.45) is 0 Å². The topological polar surface area (TPSA) is 12.0 Å². The Kier molecular flexibility index (Phi) is 4.35. The Morgan fingerprint density at radius 1 is 0.727 bits per heavy atom. The SMILES string of the molecule is CC(C)(C)NC1C[C@H](c2ccccc2)[C@@H](c2ccccc2)C1. The van der Waals surface area contributed by atoms with Gasteiger partial charge in [-0.25, -0.2) is 0 Å². The van der Waals surface area contributed by atoms with E-state index in [0.29, 0.717) is 17.9 Å². The van der Waals surface area contributed by atoms with Crippen LogP contribution in [0, 0.1) is 0 Å². The lowest BCUT2D eigenvalue weighted by Crippen LogP contribution is -2.42. The van der Waals surface area contributed by atoms with E-state index < -0.39 is 0 Å². The van der Waals surface area contributed by atoms with Gasteiger partial charge in [0.25, 0.3) is 0 Å². The first kappa shape index (κ1) is 15.3. The molecule has 1 N–H and O–H groups in total. The molecule has 2 atom stereocenters. The van der Waals surface area contributed by atoms with Crippen LogP contribution in [0.5, 0.6) is 0 Å². The van der Waals surface area contributed by atoms with Crippen molar-refractivity contribution < 1.29 is 0 Å². The summed E-state index contributed by atoms with van der Waals surface area (Å²) < 4.78 is 0. The van der Waals surface area contributed by atoms with Gasteiger partial charge in [0.05, 0.1) is 0 Å². The Hall–Kier alpha value is -1.60. The minimum absolute atomic E-state index is 0.178. The molecule has 116 valence electrons. The van der Waals surface area contributed by atoms with E-state index in [1.54, 1.807) is 0 Å². The van der Waals surface area contributed by atoms with Crippen molar-refractivity contribution in [3.05, 3.63) is 71.8 Å².